The van der Waals surface area contributed by atoms with Crippen LogP contribution in [0.3, 0.4) is 0 Å². The summed E-state index contributed by atoms with van der Waals surface area (Å²) < 4.78 is 5.27. The Kier molecular flexibility index (Phi) is 6.62. The second-order valence-electron chi connectivity index (χ2n) is 5.51. The number of carbonyl (C=O) groups excluding carboxylic acids is 2. The molecule has 1 aromatic heterocycles. The molecule has 132 valence electrons. The van der Waals surface area contributed by atoms with Gasteiger partial charge in [0.25, 0.3) is 6.47 Å². The fourth-order valence-electron chi connectivity index (χ4n) is 2.62. The lowest BCUT2D eigenvalue weighted by Gasteiger charge is -2.24. The molecule has 0 saturated carbocycles. The summed E-state index contributed by atoms with van der Waals surface area (Å²) in [6.45, 7) is 3.36. The normalized spacial score (nSPS) is 21.1. The van der Waals surface area contributed by atoms with E-state index in [1.807, 2.05) is 6.92 Å². The number of amides is 2. The van der Waals surface area contributed by atoms with Crippen molar-refractivity contribution in [3.8, 4) is 0 Å². The van der Waals surface area contributed by atoms with Gasteiger partial charge in [-0.2, -0.15) is 0 Å². The average molecular weight is 356 g/mol. The first-order chi connectivity index (χ1) is 11.5. The Morgan fingerprint density at radius 1 is 1.42 bits per heavy atom. The SMILES string of the molecule is Cc1nnc(N2CC(C(=O)NC3CCOCC3)CC2=O)s1.O=CO. The van der Waals surface area contributed by atoms with Crippen LogP contribution in [-0.4, -0.2) is 59.4 Å². The Morgan fingerprint density at radius 2 is 2.08 bits per heavy atom. The molecule has 1 unspecified atom stereocenters. The topological polar surface area (TPSA) is 122 Å². The number of nitrogens with zero attached hydrogens (tertiary/aromatic N) is 3. The molecular weight excluding hydrogens is 336 g/mol. The van der Waals surface area contributed by atoms with Crippen LogP contribution in [0.2, 0.25) is 0 Å². The molecule has 1 aromatic rings. The van der Waals surface area contributed by atoms with Crippen molar-refractivity contribution in [1.29, 1.82) is 0 Å². The van der Waals surface area contributed by atoms with E-state index in [1.165, 1.54) is 11.3 Å². The average Bonchev–Trinajstić information content (AvgIpc) is 3.15. The highest BCUT2D eigenvalue weighted by molar-refractivity contribution is 7.15. The number of hydrogen-bond acceptors (Lipinski definition) is 7. The molecule has 2 aliphatic heterocycles. The molecule has 0 radical (unpaired) electrons. The number of nitrogens with one attached hydrogen (secondary N) is 1. The molecule has 0 bridgehead atoms. The number of anilines is 1. The predicted octanol–water partition coefficient (Wildman–Crippen LogP) is 0.195. The van der Waals surface area contributed by atoms with Gasteiger partial charge in [0, 0.05) is 32.2 Å². The van der Waals surface area contributed by atoms with Crippen molar-refractivity contribution in [2.45, 2.75) is 32.2 Å². The van der Waals surface area contributed by atoms with Crippen LogP contribution in [-0.2, 0) is 19.1 Å². The van der Waals surface area contributed by atoms with Gasteiger partial charge in [-0.25, -0.2) is 0 Å². The second kappa shape index (κ2) is 8.69. The van der Waals surface area contributed by atoms with Gasteiger partial charge in [-0.05, 0) is 19.8 Å². The minimum absolute atomic E-state index is 0.0426. The number of ether oxygens (including phenoxy) is 1. The van der Waals surface area contributed by atoms with Crippen molar-refractivity contribution < 1.29 is 24.2 Å². The Balaban J connectivity index is 0.000000647. The number of hydrogen-bond donors (Lipinski definition) is 2. The molecule has 2 fully saturated rings. The smallest absolute Gasteiger partial charge is 0.290 e. The fraction of sp³-hybridized carbons (Fsp3) is 0.643. The monoisotopic (exact) mass is 356 g/mol. The quantitative estimate of drug-likeness (QED) is 0.742. The Morgan fingerprint density at radius 3 is 2.67 bits per heavy atom. The molecule has 2 amide bonds. The molecular formula is C14H20N4O5S. The highest BCUT2D eigenvalue weighted by Crippen LogP contribution is 2.27. The van der Waals surface area contributed by atoms with Crippen LogP contribution in [0, 0.1) is 12.8 Å². The Hall–Kier alpha value is -2.07. The largest absolute Gasteiger partial charge is 0.483 e. The van der Waals surface area contributed by atoms with E-state index < -0.39 is 0 Å². The van der Waals surface area contributed by atoms with E-state index in [0.717, 1.165) is 17.8 Å². The van der Waals surface area contributed by atoms with Gasteiger partial charge in [-0.1, -0.05) is 11.3 Å². The summed E-state index contributed by atoms with van der Waals surface area (Å²) in [6.07, 6.45) is 1.92. The zero-order valence-corrected chi connectivity index (χ0v) is 14.1. The van der Waals surface area contributed by atoms with Gasteiger partial charge in [0.1, 0.15) is 5.01 Å². The molecule has 9 nitrogen and oxygen atoms in total. The van der Waals surface area contributed by atoms with Gasteiger partial charge in [-0.15, -0.1) is 10.2 Å². The number of aryl methyl sites for hydroxylation is 1. The molecule has 1 atom stereocenters. The van der Waals surface area contributed by atoms with E-state index in [1.54, 1.807) is 4.90 Å². The van der Waals surface area contributed by atoms with Crippen LogP contribution in [0.15, 0.2) is 0 Å². The lowest BCUT2D eigenvalue weighted by atomic mass is 10.0. The van der Waals surface area contributed by atoms with E-state index in [2.05, 4.69) is 15.5 Å². The third kappa shape index (κ3) is 4.71. The Bertz CT molecular complexity index is 587. The highest BCUT2D eigenvalue weighted by atomic mass is 32.1. The van der Waals surface area contributed by atoms with Gasteiger partial charge in [-0.3, -0.25) is 19.3 Å². The van der Waals surface area contributed by atoms with Crippen molar-refractivity contribution in [2.75, 3.05) is 24.7 Å². The van der Waals surface area contributed by atoms with Gasteiger partial charge < -0.3 is 15.2 Å². The summed E-state index contributed by atoms with van der Waals surface area (Å²) in [7, 11) is 0. The predicted molar refractivity (Wildman–Crippen MR) is 85.8 cm³/mol. The molecule has 2 saturated heterocycles. The van der Waals surface area contributed by atoms with Gasteiger partial charge in [0.2, 0.25) is 16.9 Å². The van der Waals surface area contributed by atoms with E-state index in [9.17, 15) is 9.59 Å². The minimum Gasteiger partial charge on any atom is -0.483 e. The van der Waals surface area contributed by atoms with Gasteiger partial charge >= 0.3 is 0 Å². The summed E-state index contributed by atoms with van der Waals surface area (Å²) in [5, 5.41) is 19.2. The van der Waals surface area contributed by atoms with E-state index in [4.69, 9.17) is 14.6 Å². The van der Waals surface area contributed by atoms with Crippen LogP contribution in [0.25, 0.3) is 0 Å². The molecule has 3 heterocycles. The third-order valence-electron chi connectivity index (χ3n) is 3.81. The maximum absolute atomic E-state index is 12.3. The first-order valence-electron chi connectivity index (χ1n) is 7.61. The summed E-state index contributed by atoms with van der Waals surface area (Å²) in [5.41, 5.74) is 0. The van der Waals surface area contributed by atoms with Crippen molar-refractivity contribution in [1.82, 2.24) is 15.5 Å². The van der Waals surface area contributed by atoms with Crippen molar-refractivity contribution >= 4 is 34.8 Å². The number of rotatable bonds is 3. The summed E-state index contributed by atoms with van der Waals surface area (Å²) in [4.78, 5) is 34.3. The van der Waals surface area contributed by atoms with E-state index in [0.29, 0.717) is 24.9 Å². The van der Waals surface area contributed by atoms with Gasteiger partial charge in [0.05, 0.1) is 5.92 Å². The molecule has 2 aliphatic rings. The van der Waals surface area contributed by atoms with Crippen LogP contribution >= 0.6 is 11.3 Å². The maximum Gasteiger partial charge on any atom is 0.290 e. The fourth-order valence-corrected chi connectivity index (χ4v) is 3.34. The molecule has 0 spiro atoms. The molecule has 24 heavy (non-hydrogen) atoms. The summed E-state index contributed by atoms with van der Waals surface area (Å²) >= 11 is 1.37. The van der Waals surface area contributed by atoms with Crippen molar-refractivity contribution in [2.24, 2.45) is 5.92 Å². The number of aromatic nitrogens is 2. The zero-order chi connectivity index (χ0) is 17.5. The Labute approximate surface area is 143 Å². The van der Waals surface area contributed by atoms with Crippen molar-refractivity contribution in [3.63, 3.8) is 0 Å². The molecule has 0 aliphatic carbocycles. The van der Waals surface area contributed by atoms with Crippen LogP contribution in [0.1, 0.15) is 24.3 Å². The van der Waals surface area contributed by atoms with Gasteiger partial charge in [0.15, 0.2) is 0 Å². The van der Waals surface area contributed by atoms with Crippen molar-refractivity contribution in [3.05, 3.63) is 5.01 Å². The molecule has 0 aromatic carbocycles. The number of carbonyl (C=O) groups is 3. The first-order valence-corrected chi connectivity index (χ1v) is 8.43. The van der Waals surface area contributed by atoms with Crippen LogP contribution in [0.4, 0.5) is 5.13 Å². The van der Waals surface area contributed by atoms with E-state index >= 15 is 0 Å². The van der Waals surface area contributed by atoms with Crippen LogP contribution in [0.5, 0.6) is 0 Å². The van der Waals surface area contributed by atoms with Crippen LogP contribution < -0.4 is 10.2 Å². The standard InChI is InChI=1S/C13H18N4O3S.CH2O2/c1-8-15-16-13(21-8)17-7-9(6-11(17)18)12(19)14-10-2-4-20-5-3-10;2-1-3/h9-10H,2-7H2,1H3,(H,14,19);1H,(H,2,3). The summed E-state index contributed by atoms with van der Waals surface area (Å²) in [6, 6.07) is 0.166. The molecule has 3 rings (SSSR count). The lowest BCUT2D eigenvalue weighted by Crippen LogP contribution is -2.42. The maximum atomic E-state index is 12.3. The number of carboxylic acid groups (broad SMARTS) is 1. The highest BCUT2D eigenvalue weighted by Gasteiger charge is 2.37. The first kappa shape index (κ1) is 18.3. The lowest BCUT2D eigenvalue weighted by molar-refractivity contribution is -0.127. The second-order valence-corrected chi connectivity index (χ2v) is 6.67. The minimum atomic E-state index is -0.301. The van der Waals surface area contributed by atoms with E-state index in [-0.39, 0.29) is 36.7 Å². The summed E-state index contributed by atoms with van der Waals surface area (Å²) in [5.74, 6) is -0.401. The third-order valence-corrected chi connectivity index (χ3v) is 4.67. The molecule has 2 N–H and O–H groups in total. The zero-order valence-electron chi connectivity index (χ0n) is 13.3. The molecule has 10 heteroatoms.